The highest BCUT2D eigenvalue weighted by atomic mass is 16.4. The van der Waals surface area contributed by atoms with Gasteiger partial charge in [-0.05, 0) is 17.7 Å². The third-order valence-electron chi connectivity index (χ3n) is 2.09. The Kier molecular flexibility index (Phi) is 4.54. The summed E-state index contributed by atoms with van der Waals surface area (Å²) in [6, 6.07) is 6.71. The summed E-state index contributed by atoms with van der Waals surface area (Å²) in [7, 11) is 0. The summed E-state index contributed by atoms with van der Waals surface area (Å²) in [6.45, 7) is 4.62. The Morgan fingerprint density at radius 3 is 2.50 bits per heavy atom. The van der Waals surface area contributed by atoms with Crippen molar-refractivity contribution in [2.75, 3.05) is 13.1 Å². The van der Waals surface area contributed by atoms with Gasteiger partial charge < -0.3 is 10.2 Å². The molecule has 0 radical (unpaired) electrons. The van der Waals surface area contributed by atoms with Crippen LogP contribution in [0.2, 0.25) is 0 Å². The smallest absolute Gasteiger partial charge is 0.317 e. The minimum absolute atomic E-state index is 0.0209. The van der Waals surface area contributed by atoms with E-state index in [9.17, 15) is 4.79 Å². The molecule has 0 heterocycles. The molecule has 0 fully saturated rings. The molecular weight excluding hydrogens is 206 g/mol. The van der Waals surface area contributed by atoms with Crippen LogP contribution in [0, 0.1) is 0 Å². The van der Waals surface area contributed by atoms with Gasteiger partial charge in [-0.15, -0.1) is 6.58 Å². The average Bonchev–Trinajstić information content (AvgIpc) is 2.21. The average molecular weight is 221 g/mol. The van der Waals surface area contributed by atoms with Crippen LogP contribution in [-0.2, 0) is 11.3 Å². The summed E-state index contributed by atoms with van der Waals surface area (Å²) in [5.74, 6) is -0.655. The third kappa shape index (κ3) is 4.14. The van der Waals surface area contributed by atoms with Gasteiger partial charge in [0, 0.05) is 13.1 Å². The number of hydrogen-bond acceptors (Lipinski definition) is 3. The molecule has 0 amide bonds. The minimum atomic E-state index is -0.861. The molecule has 0 saturated carbocycles. The van der Waals surface area contributed by atoms with E-state index in [0.717, 1.165) is 5.56 Å². The Morgan fingerprint density at radius 2 is 2.00 bits per heavy atom. The van der Waals surface area contributed by atoms with Crippen molar-refractivity contribution < 1.29 is 15.0 Å². The van der Waals surface area contributed by atoms with E-state index >= 15 is 0 Å². The predicted octanol–water partition coefficient (Wildman–Crippen LogP) is 1.46. The number of carbonyl (C=O) groups is 1. The van der Waals surface area contributed by atoms with Crippen LogP contribution < -0.4 is 0 Å². The van der Waals surface area contributed by atoms with Crippen molar-refractivity contribution in [2.45, 2.75) is 6.54 Å². The van der Waals surface area contributed by atoms with Crippen molar-refractivity contribution in [2.24, 2.45) is 0 Å². The van der Waals surface area contributed by atoms with E-state index in [2.05, 4.69) is 6.58 Å². The van der Waals surface area contributed by atoms with Crippen LogP contribution in [0.1, 0.15) is 5.56 Å². The van der Waals surface area contributed by atoms with Crippen LogP contribution in [0.15, 0.2) is 36.9 Å². The summed E-state index contributed by atoms with van der Waals surface area (Å²) in [5, 5.41) is 17.8. The number of rotatable bonds is 6. The standard InChI is InChI=1S/C12H15NO3/c1-2-7-13(9-12(15)16)8-10-3-5-11(14)6-4-10/h2-6,14H,1,7-9H2,(H,15,16). The topological polar surface area (TPSA) is 60.8 Å². The third-order valence-corrected chi connectivity index (χ3v) is 2.09. The van der Waals surface area contributed by atoms with Gasteiger partial charge in [-0.2, -0.15) is 0 Å². The molecule has 0 aliphatic heterocycles. The van der Waals surface area contributed by atoms with E-state index in [-0.39, 0.29) is 12.3 Å². The van der Waals surface area contributed by atoms with Crippen LogP contribution in [0.5, 0.6) is 5.75 Å². The Morgan fingerprint density at radius 1 is 1.38 bits per heavy atom. The van der Waals surface area contributed by atoms with Gasteiger partial charge in [0.2, 0.25) is 0 Å². The SMILES string of the molecule is C=CCN(CC(=O)O)Cc1ccc(O)cc1. The summed E-state index contributed by atoms with van der Waals surface area (Å²) >= 11 is 0. The number of benzene rings is 1. The predicted molar refractivity (Wildman–Crippen MR) is 61.2 cm³/mol. The van der Waals surface area contributed by atoms with E-state index in [0.29, 0.717) is 13.1 Å². The summed E-state index contributed by atoms with van der Waals surface area (Å²) in [6.07, 6.45) is 1.67. The lowest BCUT2D eigenvalue weighted by Crippen LogP contribution is -2.29. The molecule has 4 heteroatoms. The molecule has 0 atom stereocenters. The van der Waals surface area contributed by atoms with Crippen LogP contribution >= 0.6 is 0 Å². The number of aromatic hydroxyl groups is 1. The van der Waals surface area contributed by atoms with Crippen molar-refractivity contribution in [1.82, 2.24) is 4.90 Å². The van der Waals surface area contributed by atoms with Crippen molar-refractivity contribution in [1.29, 1.82) is 0 Å². The van der Waals surface area contributed by atoms with Gasteiger partial charge in [-0.25, -0.2) is 0 Å². The lowest BCUT2D eigenvalue weighted by atomic mass is 10.2. The molecule has 0 aromatic heterocycles. The first-order chi connectivity index (χ1) is 7.61. The zero-order valence-electron chi connectivity index (χ0n) is 8.97. The second kappa shape index (κ2) is 5.92. The monoisotopic (exact) mass is 221 g/mol. The molecule has 1 aromatic rings. The highest BCUT2D eigenvalue weighted by Gasteiger charge is 2.08. The number of aliphatic carboxylic acids is 1. The molecule has 1 rings (SSSR count). The molecular formula is C12H15NO3. The summed E-state index contributed by atoms with van der Waals surface area (Å²) < 4.78 is 0. The first-order valence-electron chi connectivity index (χ1n) is 4.94. The number of carboxylic acids is 1. The highest BCUT2D eigenvalue weighted by molar-refractivity contribution is 5.69. The van der Waals surface area contributed by atoms with Crippen molar-refractivity contribution in [3.8, 4) is 5.75 Å². The first-order valence-corrected chi connectivity index (χ1v) is 4.94. The van der Waals surface area contributed by atoms with Crippen LogP contribution in [-0.4, -0.2) is 34.2 Å². The fourth-order valence-electron chi connectivity index (χ4n) is 1.42. The molecule has 0 aliphatic carbocycles. The maximum atomic E-state index is 10.6. The second-order valence-corrected chi connectivity index (χ2v) is 3.52. The van der Waals surface area contributed by atoms with E-state index in [4.69, 9.17) is 10.2 Å². The first kappa shape index (κ1) is 12.3. The lowest BCUT2D eigenvalue weighted by molar-refractivity contribution is -0.138. The zero-order chi connectivity index (χ0) is 12.0. The Hall–Kier alpha value is -1.81. The number of carboxylic acid groups (broad SMARTS) is 1. The van der Waals surface area contributed by atoms with Crippen molar-refractivity contribution >= 4 is 5.97 Å². The molecule has 0 saturated heterocycles. The van der Waals surface area contributed by atoms with E-state index < -0.39 is 5.97 Å². The minimum Gasteiger partial charge on any atom is -0.508 e. The molecule has 0 bridgehead atoms. The summed E-state index contributed by atoms with van der Waals surface area (Å²) in [5.41, 5.74) is 0.959. The lowest BCUT2D eigenvalue weighted by Gasteiger charge is -2.18. The van der Waals surface area contributed by atoms with Gasteiger partial charge in [-0.3, -0.25) is 9.69 Å². The maximum absolute atomic E-state index is 10.6. The van der Waals surface area contributed by atoms with Gasteiger partial charge >= 0.3 is 5.97 Å². The fourth-order valence-corrected chi connectivity index (χ4v) is 1.42. The quantitative estimate of drug-likeness (QED) is 0.714. The van der Waals surface area contributed by atoms with Gasteiger partial charge in [-0.1, -0.05) is 18.2 Å². The molecule has 0 aliphatic rings. The Labute approximate surface area is 94.4 Å². The molecule has 16 heavy (non-hydrogen) atoms. The number of phenolic OH excluding ortho intramolecular Hbond substituents is 1. The number of phenols is 1. The Balaban J connectivity index is 2.63. The van der Waals surface area contributed by atoms with Crippen LogP contribution in [0.4, 0.5) is 0 Å². The zero-order valence-corrected chi connectivity index (χ0v) is 8.97. The van der Waals surface area contributed by atoms with E-state index in [1.165, 1.54) is 0 Å². The molecule has 4 nitrogen and oxygen atoms in total. The van der Waals surface area contributed by atoms with Crippen LogP contribution in [0.25, 0.3) is 0 Å². The molecule has 2 N–H and O–H groups in total. The number of nitrogens with zero attached hydrogens (tertiary/aromatic N) is 1. The normalized spacial score (nSPS) is 10.3. The number of hydrogen-bond donors (Lipinski definition) is 2. The largest absolute Gasteiger partial charge is 0.508 e. The molecule has 1 aromatic carbocycles. The Bertz CT molecular complexity index is 359. The highest BCUT2D eigenvalue weighted by Crippen LogP contribution is 2.11. The summed E-state index contributed by atoms with van der Waals surface area (Å²) in [4.78, 5) is 12.4. The van der Waals surface area contributed by atoms with Gasteiger partial charge in [0.15, 0.2) is 0 Å². The molecule has 86 valence electrons. The van der Waals surface area contributed by atoms with Gasteiger partial charge in [0.05, 0.1) is 6.54 Å². The van der Waals surface area contributed by atoms with Crippen LogP contribution in [0.3, 0.4) is 0 Å². The fraction of sp³-hybridized carbons (Fsp3) is 0.250. The molecule has 0 spiro atoms. The second-order valence-electron chi connectivity index (χ2n) is 3.52. The van der Waals surface area contributed by atoms with Gasteiger partial charge in [0.1, 0.15) is 5.75 Å². The van der Waals surface area contributed by atoms with E-state index in [1.54, 1.807) is 35.2 Å². The van der Waals surface area contributed by atoms with Crippen molar-refractivity contribution in [3.63, 3.8) is 0 Å². The van der Waals surface area contributed by atoms with E-state index in [1.807, 2.05) is 0 Å². The maximum Gasteiger partial charge on any atom is 0.317 e. The molecule has 0 unspecified atom stereocenters. The van der Waals surface area contributed by atoms with Crippen molar-refractivity contribution in [3.05, 3.63) is 42.5 Å². The van der Waals surface area contributed by atoms with Gasteiger partial charge in [0.25, 0.3) is 0 Å².